The second kappa shape index (κ2) is 12.7. The summed E-state index contributed by atoms with van der Waals surface area (Å²) in [7, 11) is 3.02. The Kier molecular flexibility index (Phi) is 8.94. The van der Waals surface area contributed by atoms with Crippen molar-refractivity contribution >= 4 is 17.6 Å². The number of unbranched alkanes of at least 4 members (excludes halogenated alkanes) is 1. The molecule has 0 radical (unpaired) electrons. The smallest absolute Gasteiger partial charge is 0.258 e. The van der Waals surface area contributed by atoms with Crippen molar-refractivity contribution < 1.29 is 23.5 Å². The molecule has 0 aliphatic heterocycles. The van der Waals surface area contributed by atoms with E-state index in [4.69, 9.17) is 9.47 Å². The molecule has 0 saturated carbocycles. The molecule has 1 aromatic heterocycles. The highest BCUT2D eigenvalue weighted by atomic mass is 19.1. The second-order valence-corrected chi connectivity index (χ2v) is 8.86. The Balaban J connectivity index is 1.61. The maximum absolute atomic E-state index is 13.6. The van der Waals surface area contributed by atoms with Crippen molar-refractivity contribution in [3.8, 4) is 28.4 Å². The Morgan fingerprint density at radius 2 is 1.72 bits per heavy atom. The third kappa shape index (κ3) is 6.62. The van der Waals surface area contributed by atoms with Crippen LogP contribution >= 0.6 is 0 Å². The zero-order chi connectivity index (χ0) is 27.8. The van der Waals surface area contributed by atoms with E-state index in [1.54, 1.807) is 41.1 Å². The molecule has 0 atom stereocenters. The number of carbonyl (C=O) groups is 2. The fourth-order valence-electron chi connectivity index (χ4n) is 4.10. The van der Waals surface area contributed by atoms with Gasteiger partial charge in [-0.05, 0) is 42.8 Å². The van der Waals surface area contributed by atoms with E-state index >= 15 is 0 Å². The van der Waals surface area contributed by atoms with Crippen LogP contribution in [-0.2, 0) is 4.79 Å². The van der Waals surface area contributed by atoms with E-state index in [2.05, 4.69) is 10.4 Å². The number of nitrogens with one attached hydrogen (secondary N) is 1. The number of methoxy groups -OCH3 is 2. The first kappa shape index (κ1) is 27.4. The predicted molar refractivity (Wildman–Crippen MR) is 148 cm³/mol. The quantitative estimate of drug-likeness (QED) is 0.274. The summed E-state index contributed by atoms with van der Waals surface area (Å²) in [6.45, 7) is 2.23. The molecule has 0 bridgehead atoms. The van der Waals surface area contributed by atoms with E-state index in [-0.39, 0.29) is 18.3 Å². The highest BCUT2D eigenvalue weighted by Crippen LogP contribution is 2.27. The van der Waals surface area contributed by atoms with Crippen LogP contribution < -0.4 is 14.8 Å². The molecule has 0 unspecified atom stereocenters. The van der Waals surface area contributed by atoms with Crippen LogP contribution in [0, 0.1) is 5.82 Å². The Bertz CT molecular complexity index is 1420. The van der Waals surface area contributed by atoms with Crippen molar-refractivity contribution in [2.45, 2.75) is 19.8 Å². The molecule has 9 heteroatoms. The summed E-state index contributed by atoms with van der Waals surface area (Å²) in [5, 5.41) is 7.55. The molecule has 0 saturated heterocycles. The lowest BCUT2D eigenvalue weighted by Gasteiger charge is -2.23. The van der Waals surface area contributed by atoms with Crippen LogP contribution in [0.25, 0.3) is 16.9 Å². The second-order valence-electron chi connectivity index (χ2n) is 8.86. The van der Waals surface area contributed by atoms with E-state index in [1.807, 2.05) is 37.3 Å². The van der Waals surface area contributed by atoms with Gasteiger partial charge in [0.15, 0.2) is 0 Å². The first-order valence-corrected chi connectivity index (χ1v) is 12.7. The first-order chi connectivity index (χ1) is 18.9. The average molecular weight is 531 g/mol. The van der Waals surface area contributed by atoms with Crippen LogP contribution in [0.5, 0.6) is 11.5 Å². The van der Waals surface area contributed by atoms with Gasteiger partial charge >= 0.3 is 0 Å². The van der Waals surface area contributed by atoms with Gasteiger partial charge in [0.1, 0.15) is 29.7 Å². The van der Waals surface area contributed by atoms with Gasteiger partial charge in [-0.2, -0.15) is 5.10 Å². The molecule has 1 heterocycles. The van der Waals surface area contributed by atoms with E-state index in [0.29, 0.717) is 40.8 Å². The SMILES string of the molecule is CCCCN(CC(=O)Nc1cc(-c2ccccc2)nn1-c1ccc(F)cc1)C(=O)c1ccc(OC)cc1OC. The van der Waals surface area contributed by atoms with Crippen LogP contribution in [0.4, 0.5) is 10.2 Å². The molecule has 39 heavy (non-hydrogen) atoms. The van der Waals surface area contributed by atoms with Gasteiger partial charge in [0.25, 0.3) is 5.91 Å². The Hall–Kier alpha value is -4.66. The van der Waals surface area contributed by atoms with Gasteiger partial charge in [-0.15, -0.1) is 0 Å². The summed E-state index contributed by atoms with van der Waals surface area (Å²) in [6.07, 6.45) is 1.58. The van der Waals surface area contributed by atoms with Gasteiger partial charge in [-0.25, -0.2) is 9.07 Å². The van der Waals surface area contributed by atoms with E-state index in [0.717, 1.165) is 18.4 Å². The molecule has 4 aromatic rings. The maximum Gasteiger partial charge on any atom is 0.258 e. The monoisotopic (exact) mass is 530 g/mol. The van der Waals surface area contributed by atoms with Gasteiger partial charge in [-0.3, -0.25) is 9.59 Å². The lowest BCUT2D eigenvalue weighted by molar-refractivity contribution is -0.117. The van der Waals surface area contributed by atoms with Crippen molar-refractivity contribution in [1.82, 2.24) is 14.7 Å². The Labute approximate surface area is 227 Å². The van der Waals surface area contributed by atoms with Crippen LogP contribution in [0.2, 0.25) is 0 Å². The number of anilines is 1. The summed E-state index contributed by atoms with van der Waals surface area (Å²) >= 11 is 0. The molecule has 0 spiro atoms. The van der Waals surface area contributed by atoms with E-state index in [9.17, 15) is 14.0 Å². The minimum Gasteiger partial charge on any atom is -0.497 e. The summed E-state index contributed by atoms with van der Waals surface area (Å²) < 4.78 is 25.8. The number of ether oxygens (including phenoxy) is 2. The summed E-state index contributed by atoms with van der Waals surface area (Å²) in [5.41, 5.74) is 2.41. The van der Waals surface area contributed by atoms with Gasteiger partial charge in [0.05, 0.1) is 31.2 Å². The topological polar surface area (TPSA) is 85.7 Å². The zero-order valence-electron chi connectivity index (χ0n) is 22.2. The minimum atomic E-state index is -0.394. The van der Waals surface area contributed by atoms with Crippen molar-refractivity contribution in [3.63, 3.8) is 0 Å². The van der Waals surface area contributed by atoms with Crippen LogP contribution in [0.15, 0.2) is 78.9 Å². The zero-order valence-corrected chi connectivity index (χ0v) is 22.2. The molecule has 202 valence electrons. The fourth-order valence-corrected chi connectivity index (χ4v) is 4.10. The third-order valence-corrected chi connectivity index (χ3v) is 6.16. The maximum atomic E-state index is 13.6. The molecule has 0 aliphatic carbocycles. The van der Waals surface area contributed by atoms with Crippen molar-refractivity contribution in [1.29, 1.82) is 0 Å². The minimum absolute atomic E-state index is 0.177. The Morgan fingerprint density at radius 3 is 2.38 bits per heavy atom. The van der Waals surface area contributed by atoms with Crippen molar-refractivity contribution in [2.24, 2.45) is 0 Å². The van der Waals surface area contributed by atoms with Crippen molar-refractivity contribution in [3.05, 3.63) is 90.2 Å². The van der Waals surface area contributed by atoms with Gasteiger partial charge in [0, 0.05) is 24.2 Å². The highest BCUT2D eigenvalue weighted by molar-refractivity contribution is 6.01. The number of hydrogen-bond donors (Lipinski definition) is 1. The summed E-state index contributed by atoms with van der Waals surface area (Å²) in [6, 6.07) is 22.1. The van der Waals surface area contributed by atoms with Gasteiger partial charge < -0.3 is 19.7 Å². The number of carbonyl (C=O) groups excluding carboxylic acids is 2. The van der Waals surface area contributed by atoms with Crippen molar-refractivity contribution in [2.75, 3.05) is 32.6 Å². The average Bonchev–Trinajstić information content (AvgIpc) is 3.38. The molecule has 8 nitrogen and oxygen atoms in total. The molecular formula is C30H31FN4O4. The first-order valence-electron chi connectivity index (χ1n) is 12.7. The number of nitrogens with zero attached hydrogens (tertiary/aromatic N) is 3. The number of amides is 2. The summed E-state index contributed by atoms with van der Waals surface area (Å²) in [5.74, 6) is 0.229. The molecule has 0 aliphatic rings. The predicted octanol–water partition coefficient (Wildman–Crippen LogP) is 5.58. The van der Waals surface area contributed by atoms with Crippen LogP contribution in [-0.4, -0.2) is 53.8 Å². The normalized spacial score (nSPS) is 10.7. The van der Waals surface area contributed by atoms with Gasteiger partial charge in [0.2, 0.25) is 5.91 Å². The number of hydrogen-bond acceptors (Lipinski definition) is 5. The number of benzene rings is 3. The summed E-state index contributed by atoms with van der Waals surface area (Å²) in [4.78, 5) is 28.3. The molecule has 2 amide bonds. The highest BCUT2D eigenvalue weighted by Gasteiger charge is 2.23. The molecule has 4 rings (SSSR count). The molecule has 3 aromatic carbocycles. The number of aromatic nitrogens is 2. The third-order valence-electron chi connectivity index (χ3n) is 6.16. The van der Waals surface area contributed by atoms with E-state index < -0.39 is 5.91 Å². The lowest BCUT2D eigenvalue weighted by Crippen LogP contribution is -2.39. The number of halogens is 1. The molecule has 0 fully saturated rings. The number of rotatable bonds is 11. The Morgan fingerprint density at radius 1 is 0.974 bits per heavy atom. The molecule has 1 N–H and O–H groups in total. The van der Waals surface area contributed by atoms with Crippen LogP contribution in [0.3, 0.4) is 0 Å². The van der Waals surface area contributed by atoms with Crippen LogP contribution in [0.1, 0.15) is 30.1 Å². The van der Waals surface area contributed by atoms with E-state index in [1.165, 1.54) is 31.3 Å². The fraction of sp³-hybridized carbons (Fsp3) is 0.233. The lowest BCUT2D eigenvalue weighted by atomic mass is 10.1. The largest absolute Gasteiger partial charge is 0.497 e. The standard InChI is InChI=1S/C30H31FN4O4/c1-4-5-17-34(30(37)25-16-15-24(38-2)18-27(25)39-3)20-29(36)32-28-19-26(21-9-7-6-8-10-21)33-35(28)23-13-11-22(31)12-14-23/h6-16,18-19H,4-5,17,20H2,1-3H3,(H,32,36). The molecular weight excluding hydrogens is 499 g/mol. The van der Waals surface area contributed by atoms with Gasteiger partial charge in [-0.1, -0.05) is 43.7 Å².